The van der Waals surface area contributed by atoms with Crippen molar-refractivity contribution in [2.24, 2.45) is 0 Å². The smallest absolute Gasteiger partial charge is 0.367 e. The Morgan fingerprint density at radius 3 is 2.54 bits per heavy atom. The van der Waals surface area contributed by atoms with E-state index >= 15 is 0 Å². The zero-order valence-electron chi connectivity index (χ0n) is 19.3. The molecule has 0 amide bonds. The Labute approximate surface area is 206 Å². The molecule has 2 aromatic heterocycles. The number of aromatic nitrogens is 3. The number of hydrogen-bond acceptors (Lipinski definition) is 8. The van der Waals surface area contributed by atoms with Gasteiger partial charge in [-0.25, -0.2) is 14.8 Å². The molecule has 0 saturated heterocycles. The Morgan fingerprint density at radius 1 is 0.971 bits per heavy atom. The highest BCUT2D eigenvalue weighted by Crippen LogP contribution is 2.14. The zero-order chi connectivity index (χ0) is 24.6. The second-order valence-corrected chi connectivity index (χ2v) is 8.62. The van der Waals surface area contributed by atoms with Gasteiger partial charge in [-0.1, -0.05) is 42.5 Å². The van der Waals surface area contributed by atoms with E-state index in [0.29, 0.717) is 29.9 Å². The number of ether oxygens (including phenoxy) is 2. The van der Waals surface area contributed by atoms with Gasteiger partial charge in [0.25, 0.3) is 5.56 Å². The molecule has 0 bridgehead atoms. The van der Waals surface area contributed by atoms with Crippen LogP contribution in [0, 0.1) is 0 Å². The fraction of sp³-hybridized carbons (Fsp3) is 0.269. The molecule has 8 nitrogen and oxygen atoms in total. The number of fused-ring (bicyclic) bond motifs is 1. The molecule has 0 radical (unpaired) electrons. The summed E-state index contributed by atoms with van der Waals surface area (Å²) in [5, 5.41) is 1.87. The summed E-state index contributed by atoms with van der Waals surface area (Å²) in [4.78, 5) is 45.9. The average molecular weight is 492 g/mol. The van der Waals surface area contributed by atoms with Gasteiger partial charge in [0, 0.05) is 18.3 Å². The third kappa shape index (κ3) is 6.19. The Balaban J connectivity index is 1.41. The fourth-order valence-corrected chi connectivity index (χ4v) is 4.32. The molecule has 0 spiro atoms. The van der Waals surface area contributed by atoms with E-state index in [4.69, 9.17) is 9.47 Å². The summed E-state index contributed by atoms with van der Waals surface area (Å²) < 4.78 is 11.9. The number of benzene rings is 2. The van der Waals surface area contributed by atoms with Crippen molar-refractivity contribution in [3.05, 3.63) is 92.3 Å². The van der Waals surface area contributed by atoms with Crippen molar-refractivity contribution in [2.45, 2.75) is 39.3 Å². The van der Waals surface area contributed by atoms with Crippen LogP contribution in [0.5, 0.6) is 0 Å². The Morgan fingerprint density at radius 2 is 1.74 bits per heavy atom. The Bertz CT molecular complexity index is 1380. The van der Waals surface area contributed by atoms with E-state index in [-0.39, 0.29) is 36.6 Å². The van der Waals surface area contributed by atoms with E-state index in [1.54, 1.807) is 16.9 Å². The van der Waals surface area contributed by atoms with Crippen LogP contribution in [0.1, 0.15) is 40.1 Å². The maximum Gasteiger partial charge on any atom is 0.367 e. The fourth-order valence-electron chi connectivity index (χ4n) is 3.62. The normalized spacial score (nSPS) is 10.9. The minimum absolute atomic E-state index is 0.00807. The van der Waals surface area contributed by atoms with E-state index < -0.39 is 11.9 Å². The lowest BCUT2D eigenvalue weighted by Gasteiger charge is -2.12. The number of rotatable bonds is 10. The first kappa shape index (κ1) is 24.3. The maximum absolute atomic E-state index is 13.2. The molecule has 0 unspecified atom stereocenters. The van der Waals surface area contributed by atoms with Gasteiger partial charge in [0.2, 0.25) is 5.01 Å². The number of esters is 2. The molecule has 35 heavy (non-hydrogen) atoms. The predicted octanol–water partition coefficient (Wildman–Crippen LogP) is 3.95. The van der Waals surface area contributed by atoms with Gasteiger partial charge in [0.1, 0.15) is 12.3 Å². The molecule has 4 rings (SSSR count). The molecule has 0 fully saturated rings. The molecule has 9 heteroatoms. The summed E-state index contributed by atoms with van der Waals surface area (Å²) in [6, 6.07) is 17.5. The van der Waals surface area contributed by atoms with E-state index in [1.807, 2.05) is 54.6 Å². The zero-order valence-corrected chi connectivity index (χ0v) is 20.1. The van der Waals surface area contributed by atoms with Crippen LogP contribution in [0.2, 0.25) is 0 Å². The van der Waals surface area contributed by atoms with Crippen molar-refractivity contribution in [1.82, 2.24) is 14.5 Å². The summed E-state index contributed by atoms with van der Waals surface area (Å²) in [6.07, 6.45) is 0.880. The van der Waals surface area contributed by atoms with Gasteiger partial charge in [-0.3, -0.25) is 9.59 Å². The van der Waals surface area contributed by atoms with Gasteiger partial charge in [-0.15, -0.1) is 11.3 Å². The minimum Gasteiger partial charge on any atom is -0.461 e. The third-order valence-electron chi connectivity index (χ3n) is 5.34. The second-order valence-electron chi connectivity index (χ2n) is 7.76. The van der Waals surface area contributed by atoms with Crippen LogP contribution in [0.25, 0.3) is 11.0 Å². The van der Waals surface area contributed by atoms with Crippen LogP contribution < -0.4 is 5.56 Å². The number of carbonyl (C=O) groups excluding carboxylic acids is 2. The van der Waals surface area contributed by atoms with Crippen LogP contribution in [0.4, 0.5) is 0 Å². The number of thiazole rings is 1. The SMILES string of the molecule is CCOC(=O)c1nc(COC(=O)CCc2nc3ccccc3n(CCc3ccccc3)c2=O)cs1. The lowest BCUT2D eigenvalue weighted by molar-refractivity contribution is -0.145. The molecular formula is C26H25N3O5S. The van der Waals surface area contributed by atoms with Crippen molar-refractivity contribution in [1.29, 1.82) is 0 Å². The quantitative estimate of drug-likeness (QED) is 0.310. The van der Waals surface area contributed by atoms with Crippen LogP contribution in [-0.2, 0) is 40.3 Å². The number of hydrogen-bond donors (Lipinski definition) is 0. The standard InChI is InChI=1S/C26H25N3O5S/c1-2-33-26(32)24-27-19(17-35-24)16-34-23(30)13-12-21-25(31)29(15-14-18-8-4-3-5-9-18)22-11-7-6-10-20(22)28-21/h3-11,17H,2,12-16H2,1H3. The molecule has 180 valence electrons. The number of para-hydroxylation sites is 2. The Hall–Kier alpha value is -3.85. The molecule has 0 aliphatic heterocycles. The summed E-state index contributed by atoms with van der Waals surface area (Å²) >= 11 is 1.14. The highest BCUT2D eigenvalue weighted by atomic mass is 32.1. The number of aryl methyl sites for hydroxylation is 3. The molecule has 0 N–H and O–H groups in total. The molecule has 0 atom stereocenters. The van der Waals surface area contributed by atoms with Crippen LogP contribution >= 0.6 is 11.3 Å². The monoisotopic (exact) mass is 491 g/mol. The van der Waals surface area contributed by atoms with Crippen molar-refractivity contribution in [3.8, 4) is 0 Å². The average Bonchev–Trinajstić information content (AvgIpc) is 3.36. The van der Waals surface area contributed by atoms with Crippen LogP contribution in [-0.4, -0.2) is 33.1 Å². The molecule has 0 aliphatic carbocycles. The van der Waals surface area contributed by atoms with Crippen molar-refractivity contribution in [2.75, 3.05) is 6.61 Å². The van der Waals surface area contributed by atoms with Crippen LogP contribution in [0.15, 0.2) is 64.8 Å². The first-order chi connectivity index (χ1) is 17.0. The molecular weight excluding hydrogens is 466 g/mol. The van der Waals surface area contributed by atoms with Gasteiger partial charge in [-0.2, -0.15) is 0 Å². The van der Waals surface area contributed by atoms with E-state index in [9.17, 15) is 14.4 Å². The largest absolute Gasteiger partial charge is 0.461 e. The van der Waals surface area contributed by atoms with Gasteiger partial charge in [-0.05, 0) is 31.0 Å². The molecule has 4 aromatic rings. The first-order valence-electron chi connectivity index (χ1n) is 11.3. The van der Waals surface area contributed by atoms with Crippen molar-refractivity contribution >= 4 is 34.3 Å². The van der Waals surface area contributed by atoms with E-state index in [2.05, 4.69) is 9.97 Å². The summed E-state index contributed by atoms with van der Waals surface area (Å²) in [6.45, 7) is 2.44. The first-order valence-corrected chi connectivity index (χ1v) is 12.2. The number of nitrogens with zero attached hydrogens (tertiary/aromatic N) is 3. The highest BCUT2D eigenvalue weighted by molar-refractivity contribution is 7.11. The number of carbonyl (C=O) groups is 2. The second kappa shape index (κ2) is 11.5. The van der Waals surface area contributed by atoms with E-state index in [0.717, 1.165) is 22.4 Å². The minimum atomic E-state index is -0.499. The van der Waals surface area contributed by atoms with Crippen molar-refractivity contribution < 1.29 is 19.1 Å². The van der Waals surface area contributed by atoms with Gasteiger partial charge in [0.15, 0.2) is 0 Å². The summed E-state index contributed by atoms with van der Waals surface area (Å²) in [5.41, 5.74) is 3.20. The molecule has 2 heterocycles. The molecule has 0 saturated carbocycles. The maximum atomic E-state index is 13.2. The predicted molar refractivity (Wildman–Crippen MR) is 132 cm³/mol. The Kier molecular flexibility index (Phi) is 7.99. The van der Waals surface area contributed by atoms with Crippen LogP contribution in [0.3, 0.4) is 0 Å². The lowest BCUT2D eigenvalue weighted by Crippen LogP contribution is -2.27. The van der Waals surface area contributed by atoms with Gasteiger partial charge >= 0.3 is 11.9 Å². The summed E-state index contributed by atoms with van der Waals surface area (Å²) in [5.74, 6) is -0.970. The lowest BCUT2D eigenvalue weighted by atomic mass is 10.1. The van der Waals surface area contributed by atoms with E-state index in [1.165, 1.54) is 0 Å². The van der Waals surface area contributed by atoms with Crippen molar-refractivity contribution in [3.63, 3.8) is 0 Å². The highest BCUT2D eigenvalue weighted by Gasteiger charge is 2.15. The molecule has 0 aliphatic rings. The third-order valence-corrected chi connectivity index (χ3v) is 6.21. The topological polar surface area (TPSA) is 100 Å². The van der Waals surface area contributed by atoms with Gasteiger partial charge < -0.3 is 14.0 Å². The molecule has 2 aromatic carbocycles. The summed E-state index contributed by atoms with van der Waals surface area (Å²) in [7, 11) is 0. The van der Waals surface area contributed by atoms with Gasteiger partial charge in [0.05, 0.1) is 29.8 Å².